The number of anilines is 2. The molecule has 1 unspecified atom stereocenters. The van der Waals surface area contributed by atoms with Crippen LogP contribution >= 0.6 is 11.3 Å². The summed E-state index contributed by atoms with van der Waals surface area (Å²) in [6.07, 6.45) is 0.137. The number of hydrogen-bond acceptors (Lipinski definition) is 4. The van der Waals surface area contributed by atoms with Crippen LogP contribution in [0.2, 0.25) is 0 Å². The molecular formula is C17H24N2OS. The molecule has 1 aromatic heterocycles. The predicted molar refractivity (Wildman–Crippen MR) is 92.1 cm³/mol. The van der Waals surface area contributed by atoms with Crippen LogP contribution in [0.1, 0.15) is 38.6 Å². The van der Waals surface area contributed by atoms with Crippen LogP contribution in [0.5, 0.6) is 5.75 Å². The highest BCUT2D eigenvalue weighted by molar-refractivity contribution is 7.10. The van der Waals surface area contributed by atoms with Crippen molar-refractivity contribution in [1.29, 1.82) is 0 Å². The van der Waals surface area contributed by atoms with Crippen LogP contribution in [-0.4, -0.2) is 6.10 Å². The number of nitrogen functional groups attached to an aromatic ring is 1. The molecule has 1 atom stereocenters. The Morgan fingerprint density at radius 1 is 1.14 bits per heavy atom. The Kier molecular flexibility index (Phi) is 5.12. The summed E-state index contributed by atoms with van der Waals surface area (Å²) in [5.41, 5.74) is 7.70. The Bertz CT molecular complexity index is 564. The molecule has 0 saturated carbocycles. The molecule has 0 saturated heterocycles. The number of rotatable bonds is 6. The van der Waals surface area contributed by atoms with Gasteiger partial charge in [-0.15, -0.1) is 11.3 Å². The van der Waals surface area contributed by atoms with Gasteiger partial charge in [-0.1, -0.05) is 19.9 Å². The first-order valence-corrected chi connectivity index (χ1v) is 8.21. The third-order valence-electron chi connectivity index (χ3n) is 3.14. The van der Waals surface area contributed by atoms with Crippen molar-refractivity contribution in [2.24, 2.45) is 5.92 Å². The second-order valence-electron chi connectivity index (χ2n) is 5.84. The van der Waals surface area contributed by atoms with E-state index in [0.29, 0.717) is 11.6 Å². The lowest BCUT2D eigenvalue weighted by Crippen LogP contribution is -2.16. The molecule has 1 heterocycles. The van der Waals surface area contributed by atoms with E-state index in [4.69, 9.17) is 10.5 Å². The van der Waals surface area contributed by atoms with Crippen molar-refractivity contribution in [3.63, 3.8) is 0 Å². The van der Waals surface area contributed by atoms with Crippen molar-refractivity contribution in [1.82, 2.24) is 0 Å². The lowest BCUT2D eigenvalue weighted by molar-refractivity contribution is 0.242. The summed E-state index contributed by atoms with van der Waals surface area (Å²) >= 11 is 1.77. The molecule has 3 nitrogen and oxygen atoms in total. The standard InChI is InChI=1S/C17H24N2OS/c1-11(2)17(16-6-5-7-21-16)19-14-8-13(18)9-15(10-14)20-12(3)4/h5-12,17,19H,18H2,1-4H3. The lowest BCUT2D eigenvalue weighted by Gasteiger charge is -2.23. The van der Waals surface area contributed by atoms with Gasteiger partial charge >= 0.3 is 0 Å². The largest absolute Gasteiger partial charge is 0.491 e. The molecule has 114 valence electrons. The minimum Gasteiger partial charge on any atom is -0.491 e. The zero-order valence-electron chi connectivity index (χ0n) is 13.1. The molecule has 2 rings (SSSR count). The zero-order valence-corrected chi connectivity index (χ0v) is 13.9. The monoisotopic (exact) mass is 304 g/mol. The average Bonchev–Trinajstić information content (AvgIpc) is 2.87. The molecule has 1 aromatic carbocycles. The minimum absolute atomic E-state index is 0.137. The molecule has 3 N–H and O–H groups in total. The Balaban J connectivity index is 2.22. The van der Waals surface area contributed by atoms with Gasteiger partial charge in [0.15, 0.2) is 0 Å². The topological polar surface area (TPSA) is 47.3 Å². The Morgan fingerprint density at radius 2 is 1.90 bits per heavy atom. The van der Waals surface area contributed by atoms with Crippen molar-refractivity contribution >= 4 is 22.7 Å². The van der Waals surface area contributed by atoms with Gasteiger partial charge in [0.05, 0.1) is 12.1 Å². The molecule has 0 aliphatic rings. The SMILES string of the molecule is CC(C)Oc1cc(N)cc(NC(c2cccs2)C(C)C)c1. The van der Waals surface area contributed by atoms with Crippen LogP contribution in [-0.2, 0) is 0 Å². The van der Waals surface area contributed by atoms with Gasteiger partial charge in [-0.05, 0) is 37.3 Å². The molecule has 0 amide bonds. The Hall–Kier alpha value is -1.68. The van der Waals surface area contributed by atoms with Gasteiger partial charge in [0, 0.05) is 28.4 Å². The Labute approximate surface area is 131 Å². The first-order chi connectivity index (χ1) is 9.95. The molecule has 0 aliphatic carbocycles. The number of benzene rings is 1. The van der Waals surface area contributed by atoms with Crippen LogP contribution in [0.25, 0.3) is 0 Å². The van der Waals surface area contributed by atoms with E-state index in [0.717, 1.165) is 11.4 Å². The maximum absolute atomic E-state index is 5.99. The molecule has 2 aromatic rings. The molecule has 21 heavy (non-hydrogen) atoms. The van der Waals surface area contributed by atoms with Crippen molar-refractivity contribution in [2.45, 2.75) is 39.8 Å². The second kappa shape index (κ2) is 6.85. The number of thiophene rings is 1. The Morgan fingerprint density at radius 3 is 2.48 bits per heavy atom. The van der Waals surface area contributed by atoms with Gasteiger partial charge in [0.1, 0.15) is 5.75 Å². The van der Waals surface area contributed by atoms with Crippen LogP contribution in [0.3, 0.4) is 0 Å². The van der Waals surface area contributed by atoms with E-state index >= 15 is 0 Å². The fraction of sp³-hybridized carbons (Fsp3) is 0.412. The van der Waals surface area contributed by atoms with Crippen molar-refractivity contribution < 1.29 is 4.74 Å². The van der Waals surface area contributed by atoms with Gasteiger partial charge < -0.3 is 15.8 Å². The number of nitrogens with one attached hydrogen (secondary N) is 1. The fourth-order valence-electron chi connectivity index (χ4n) is 2.26. The van der Waals surface area contributed by atoms with E-state index in [1.165, 1.54) is 4.88 Å². The highest BCUT2D eigenvalue weighted by Gasteiger charge is 2.17. The second-order valence-corrected chi connectivity index (χ2v) is 6.82. The van der Waals surface area contributed by atoms with Crippen LogP contribution in [0, 0.1) is 5.92 Å². The van der Waals surface area contributed by atoms with E-state index in [1.807, 2.05) is 32.0 Å². The molecule has 0 fully saturated rings. The maximum Gasteiger partial charge on any atom is 0.123 e. The lowest BCUT2D eigenvalue weighted by atomic mass is 10.0. The summed E-state index contributed by atoms with van der Waals surface area (Å²) in [7, 11) is 0. The summed E-state index contributed by atoms with van der Waals surface area (Å²) in [5, 5.41) is 5.70. The molecule has 0 aliphatic heterocycles. The summed E-state index contributed by atoms with van der Waals surface area (Å²) in [4.78, 5) is 1.33. The van der Waals surface area contributed by atoms with Crippen molar-refractivity contribution in [3.8, 4) is 5.75 Å². The van der Waals surface area contributed by atoms with Gasteiger partial charge in [0.2, 0.25) is 0 Å². The van der Waals surface area contributed by atoms with Crippen LogP contribution in [0.15, 0.2) is 35.7 Å². The van der Waals surface area contributed by atoms with Gasteiger partial charge in [-0.2, -0.15) is 0 Å². The maximum atomic E-state index is 5.99. The van der Waals surface area contributed by atoms with Crippen molar-refractivity contribution in [2.75, 3.05) is 11.1 Å². The summed E-state index contributed by atoms with van der Waals surface area (Å²) in [6.45, 7) is 8.46. The van der Waals surface area contributed by atoms with E-state index in [2.05, 4.69) is 36.7 Å². The number of hydrogen-bond donors (Lipinski definition) is 2. The third kappa shape index (κ3) is 4.39. The van der Waals surface area contributed by atoms with Crippen LogP contribution in [0.4, 0.5) is 11.4 Å². The quantitative estimate of drug-likeness (QED) is 0.744. The van der Waals surface area contributed by atoms with Gasteiger partial charge in [-0.3, -0.25) is 0 Å². The summed E-state index contributed by atoms with van der Waals surface area (Å²) in [5.74, 6) is 1.29. The molecular weight excluding hydrogens is 280 g/mol. The smallest absolute Gasteiger partial charge is 0.123 e. The van der Waals surface area contributed by atoms with Gasteiger partial charge in [0.25, 0.3) is 0 Å². The van der Waals surface area contributed by atoms with E-state index in [-0.39, 0.29) is 12.1 Å². The van der Waals surface area contributed by atoms with E-state index < -0.39 is 0 Å². The van der Waals surface area contributed by atoms with Crippen molar-refractivity contribution in [3.05, 3.63) is 40.6 Å². The molecule has 0 spiro atoms. The third-order valence-corrected chi connectivity index (χ3v) is 4.09. The highest BCUT2D eigenvalue weighted by atomic mass is 32.1. The number of ether oxygens (including phenoxy) is 1. The van der Waals surface area contributed by atoms with Gasteiger partial charge in [-0.25, -0.2) is 0 Å². The molecule has 0 bridgehead atoms. The van der Waals surface area contributed by atoms with E-state index in [9.17, 15) is 0 Å². The van der Waals surface area contributed by atoms with E-state index in [1.54, 1.807) is 11.3 Å². The predicted octanol–water partition coefficient (Wildman–Crippen LogP) is 4.93. The summed E-state index contributed by atoms with van der Waals surface area (Å²) < 4.78 is 5.75. The zero-order chi connectivity index (χ0) is 15.4. The minimum atomic E-state index is 0.137. The van der Waals surface area contributed by atoms with Crippen LogP contribution < -0.4 is 15.8 Å². The summed E-state index contributed by atoms with van der Waals surface area (Å²) in [6, 6.07) is 10.4. The molecule has 4 heteroatoms. The first kappa shape index (κ1) is 15.7. The highest BCUT2D eigenvalue weighted by Crippen LogP contribution is 2.32. The molecule has 0 radical (unpaired) electrons. The fourth-order valence-corrected chi connectivity index (χ4v) is 3.21. The average molecular weight is 304 g/mol. The normalized spacial score (nSPS) is 12.7. The first-order valence-electron chi connectivity index (χ1n) is 7.33. The number of nitrogens with two attached hydrogens (primary N) is 1.